The average molecular weight is 304 g/mol. The van der Waals surface area contributed by atoms with Crippen molar-refractivity contribution < 1.29 is 18.0 Å². The molecular weight excluding hydrogens is 280 g/mol. The lowest BCUT2D eigenvalue weighted by atomic mass is 10.0. The quantitative estimate of drug-likeness (QED) is 0.734. The molecule has 0 aromatic rings. The topological polar surface area (TPSA) is 83.6 Å². The van der Waals surface area contributed by atoms with Crippen LogP contribution in [0.4, 0.5) is 0 Å². The van der Waals surface area contributed by atoms with E-state index in [2.05, 4.69) is 5.32 Å². The molecule has 2 atom stereocenters. The lowest BCUT2D eigenvalue weighted by Gasteiger charge is -2.38. The maximum atomic E-state index is 12.4. The zero-order valence-corrected chi connectivity index (χ0v) is 13.2. The Morgan fingerprint density at radius 2 is 1.85 bits per heavy atom. The number of nitrogens with zero attached hydrogens (tertiary/aromatic N) is 1. The molecule has 1 aliphatic rings. The van der Waals surface area contributed by atoms with E-state index in [4.69, 9.17) is 0 Å². The molecule has 0 spiro atoms. The van der Waals surface area contributed by atoms with Crippen LogP contribution in [0, 0.1) is 0 Å². The van der Waals surface area contributed by atoms with E-state index in [1.807, 2.05) is 13.8 Å². The van der Waals surface area contributed by atoms with Crippen LogP contribution in [0.2, 0.25) is 0 Å². The molecule has 0 aromatic heterocycles. The molecule has 0 aliphatic carbocycles. The summed E-state index contributed by atoms with van der Waals surface area (Å²) in [6.07, 6.45) is 1.86. The molecule has 2 unspecified atom stereocenters. The third kappa shape index (κ3) is 3.94. The lowest BCUT2D eigenvalue weighted by molar-refractivity contribution is -0.149. The highest BCUT2D eigenvalue weighted by Crippen LogP contribution is 2.16. The molecule has 1 saturated heterocycles. The van der Waals surface area contributed by atoms with Gasteiger partial charge in [0, 0.05) is 12.3 Å². The summed E-state index contributed by atoms with van der Waals surface area (Å²) in [5.41, 5.74) is 0. The second-order valence-corrected chi connectivity index (χ2v) is 7.51. The van der Waals surface area contributed by atoms with Gasteiger partial charge in [-0.2, -0.15) is 0 Å². The summed E-state index contributed by atoms with van der Waals surface area (Å²) in [6, 6.07) is -1.07. The zero-order chi connectivity index (χ0) is 15.3. The molecule has 1 N–H and O–H groups in total. The maximum absolute atomic E-state index is 12.4. The van der Waals surface area contributed by atoms with Crippen molar-refractivity contribution in [3.8, 4) is 0 Å². The fourth-order valence-electron chi connectivity index (χ4n) is 2.36. The predicted octanol–water partition coefficient (Wildman–Crippen LogP) is 0.327. The Labute approximate surface area is 120 Å². The molecule has 0 radical (unpaired) electrons. The molecule has 0 aromatic carbocycles. The number of carbonyl (C=O) groups excluding carboxylic acids is 2. The van der Waals surface area contributed by atoms with E-state index in [1.165, 1.54) is 4.90 Å². The molecule has 1 fully saturated rings. The van der Waals surface area contributed by atoms with Crippen LogP contribution in [0.25, 0.3) is 0 Å². The van der Waals surface area contributed by atoms with E-state index in [0.29, 0.717) is 12.8 Å². The van der Waals surface area contributed by atoms with Crippen LogP contribution >= 0.6 is 0 Å². The predicted molar refractivity (Wildman–Crippen MR) is 77.0 cm³/mol. The van der Waals surface area contributed by atoms with Gasteiger partial charge in [-0.1, -0.05) is 27.2 Å². The van der Waals surface area contributed by atoms with Gasteiger partial charge >= 0.3 is 0 Å². The number of amides is 2. The molecule has 1 rings (SSSR count). The van der Waals surface area contributed by atoms with Gasteiger partial charge < -0.3 is 10.2 Å². The lowest BCUT2D eigenvalue weighted by Crippen LogP contribution is -2.63. The summed E-state index contributed by atoms with van der Waals surface area (Å²) < 4.78 is 23.2. The number of nitrogens with one attached hydrogen (secondary N) is 1. The Hall–Kier alpha value is -1.11. The van der Waals surface area contributed by atoms with Crippen molar-refractivity contribution in [1.29, 1.82) is 0 Å². The van der Waals surface area contributed by atoms with Crippen LogP contribution in [0.15, 0.2) is 0 Å². The minimum atomic E-state index is -3.15. The summed E-state index contributed by atoms with van der Waals surface area (Å²) in [6.45, 7) is 5.44. The number of rotatable bonds is 7. The highest BCUT2D eigenvalue weighted by Gasteiger charge is 2.39. The van der Waals surface area contributed by atoms with Crippen molar-refractivity contribution >= 4 is 21.7 Å². The fourth-order valence-corrected chi connectivity index (χ4v) is 3.13. The van der Waals surface area contributed by atoms with Gasteiger partial charge in [-0.05, 0) is 12.8 Å². The van der Waals surface area contributed by atoms with Crippen molar-refractivity contribution in [1.82, 2.24) is 10.2 Å². The third-order valence-electron chi connectivity index (χ3n) is 3.62. The van der Waals surface area contributed by atoms with Crippen LogP contribution in [0.1, 0.15) is 40.0 Å². The third-order valence-corrected chi connectivity index (χ3v) is 5.31. The number of piperazine rings is 1. The summed E-state index contributed by atoms with van der Waals surface area (Å²) >= 11 is 0. The smallest absolute Gasteiger partial charge is 0.245 e. The molecule has 0 bridgehead atoms. The van der Waals surface area contributed by atoms with Gasteiger partial charge in [0.1, 0.15) is 12.1 Å². The van der Waals surface area contributed by atoms with Crippen LogP contribution in [-0.2, 0) is 19.4 Å². The van der Waals surface area contributed by atoms with Gasteiger partial charge in [0.05, 0.1) is 5.75 Å². The van der Waals surface area contributed by atoms with Crippen molar-refractivity contribution in [2.75, 3.05) is 18.1 Å². The fraction of sp³-hybridized carbons (Fsp3) is 0.846. The molecule has 1 aliphatic heterocycles. The standard InChI is InChI=1S/C13H24N2O4S/c1-4-7-10-13(17)15(8-9-20(18,19)6-3)11(5-2)12(16)14-10/h10-11H,4-9H2,1-3H3,(H,14,16). The van der Waals surface area contributed by atoms with E-state index >= 15 is 0 Å². The van der Waals surface area contributed by atoms with Crippen LogP contribution < -0.4 is 5.32 Å². The van der Waals surface area contributed by atoms with Crippen molar-refractivity contribution in [3.63, 3.8) is 0 Å². The van der Waals surface area contributed by atoms with Crippen LogP contribution in [0.5, 0.6) is 0 Å². The van der Waals surface area contributed by atoms with Gasteiger partial charge in [-0.15, -0.1) is 0 Å². The van der Waals surface area contributed by atoms with Gasteiger partial charge in [-0.3, -0.25) is 9.59 Å². The summed E-state index contributed by atoms with van der Waals surface area (Å²) in [5, 5.41) is 2.73. The van der Waals surface area contributed by atoms with E-state index in [1.54, 1.807) is 6.92 Å². The minimum absolute atomic E-state index is 0.0520. The van der Waals surface area contributed by atoms with Crippen LogP contribution in [0.3, 0.4) is 0 Å². The Bertz CT molecular complexity index is 461. The van der Waals surface area contributed by atoms with E-state index in [-0.39, 0.29) is 29.9 Å². The zero-order valence-electron chi connectivity index (χ0n) is 12.4. The van der Waals surface area contributed by atoms with Gasteiger partial charge in [-0.25, -0.2) is 8.42 Å². The van der Waals surface area contributed by atoms with E-state index in [9.17, 15) is 18.0 Å². The molecule has 116 valence electrons. The first-order valence-electron chi connectivity index (χ1n) is 7.17. The first-order valence-corrected chi connectivity index (χ1v) is 8.99. The number of hydrogen-bond donors (Lipinski definition) is 1. The highest BCUT2D eigenvalue weighted by atomic mass is 32.2. The molecule has 1 heterocycles. The number of hydrogen-bond acceptors (Lipinski definition) is 4. The first kappa shape index (κ1) is 16.9. The Morgan fingerprint density at radius 1 is 1.20 bits per heavy atom. The van der Waals surface area contributed by atoms with E-state index in [0.717, 1.165) is 6.42 Å². The number of carbonyl (C=O) groups is 2. The summed E-state index contributed by atoms with van der Waals surface area (Å²) in [4.78, 5) is 25.8. The average Bonchev–Trinajstić information content (AvgIpc) is 2.41. The maximum Gasteiger partial charge on any atom is 0.245 e. The van der Waals surface area contributed by atoms with Gasteiger partial charge in [0.15, 0.2) is 9.84 Å². The number of sulfone groups is 1. The minimum Gasteiger partial charge on any atom is -0.343 e. The molecule has 0 saturated carbocycles. The van der Waals surface area contributed by atoms with Gasteiger partial charge in [0.2, 0.25) is 11.8 Å². The second kappa shape index (κ2) is 7.06. The van der Waals surface area contributed by atoms with Crippen molar-refractivity contribution in [2.45, 2.75) is 52.1 Å². The SMILES string of the molecule is CCCC1NC(=O)C(CC)N(CCS(=O)(=O)CC)C1=O. The largest absolute Gasteiger partial charge is 0.343 e. The monoisotopic (exact) mass is 304 g/mol. The highest BCUT2D eigenvalue weighted by molar-refractivity contribution is 7.91. The molecular formula is C13H24N2O4S. The van der Waals surface area contributed by atoms with Crippen molar-refractivity contribution in [2.24, 2.45) is 0 Å². The van der Waals surface area contributed by atoms with Crippen molar-refractivity contribution in [3.05, 3.63) is 0 Å². The Morgan fingerprint density at radius 3 is 2.35 bits per heavy atom. The molecule has 6 nitrogen and oxygen atoms in total. The van der Waals surface area contributed by atoms with E-state index < -0.39 is 21.9 Å². The normalized spacial score (nSPS) is 23.9. The molecule has 7 heteroatoms. The summed E-state index contributed by atoms with van der Waals surface area (Å²) in [7, 11) is -3.15. The molecule has 20 heavy (non-hydrogen) atoms. The Kier molecular flexibility index (Phi) is 5.98. The Balaban J connectivity index is 2.85. The summed E-state index contributed by atoms with van der Waals surface area (Å²) in [5.74, 6) is -0.377. The first-order chi connectivity index (χ1) is 9.36. The van der Waals surface area contributed by atoms with Gasteiger partial charge in [0.25, 0.3) is 0 Å². The molecule has 2 amide bonds. The van der Waals surface area contributed by atoms with Crippen LogP contribution in [-0.4, -0.2) is 55.3 Å². The second-order valence-electron chi connectivity index (χ2n) is 5.04.